The molecule has 144 valence electrons. The molecular weight excluding hydrogens is 356 g/mol. The van der Waals surface area contributed by atoms with E-state index in [2.05, 4.69) is 10.4 Å². The number of rotatable bonds is 6. The number of hydrogen-bond acceptors (Lipinski definition) is 3. The molecule has 0 spiro atoms. The SMILES string of the molecule is CC[C@H](C)[C@H](NC(=O)c1nn(-c2ccc(F)c(F)c2)c2c1CCC2)C(=O)O. The number of carbonyl (C=O) groups excluding carboxylic acids is 1. The van der Waals surface area contributed by atoms with Gasteiger partial charge in [-0.15, -0.1) is 0 Å². The second-order valence-corrected chi connectivity index (χ2v) is 6.81. The number of aromatic nitrogens is 2. The first kappa shape index (κ1) is 19.0. The summed E-state index contributed by atoms with van der Waals surface area (Å²) in [6, 6.07) is 2.41. The van der Waals surface area contributed by atoms with Crippen molar-refractivity contribution in [3.8, 4) is 5.69 Å². The van der Waals surface area contributed by atoms with E-state index in [0.717, 1.165) is 29.8 Å². The molecule has 2 atom stereocenters. The normalized spacial score (nSPS) is 15.3. The van der Waals surface area contributed by atoms with Crippen molar-refractivity contribution in [2.45, 2.75) is 45.6 Å². The van der Waals surface area contributed by atoms with E-state index >= 15 is 0 Å². The van der Waals surface area contributed by atoms with E-state index < -0.39 is 29.6 Å². The average Bonchev–Trinajstić information content (AvgIpc) is 3.23. The van der Waals surface area contributed by atoms with Crippen LogP contribution in [0, 0.1) is 17.6 Å². The molecule has 1 heterocycles. The van der Waals surface area contributed by atoms with Gasteiger partial charge < -0.3 is 10.4 Å². The van der Waals surface area contributed by atoms with Crippen molar-refractivity contribution in [1.82, 2.24) is 15.1 Å². The molecule has 0 saturated heterocycles. The van der Waals surface area contributed by atoms with Crippen LogP contribution in [-0.4, -0.2) is 32.8 Å². The van der Waals surface area contributed by atoms with Crippen molar-refractivity contribution in [3.63, 3.8) is 0 Å². The molecule has 27 heavy (non-hydrogen) atoms. The maximum Gasteiger partial charge on any atom is 0.326 e. The van der Waals surface area contributed by atoms with Gasteiger partial charge in [-0.3, -0.25) is 4.79 Å². The van der Waals surface area contributed by atoms with Gasteiger partial charge in [0.2, 0.25) is 0 Å². The van der Waals surface area contributed by atoms with Crippen molar-refractivity contribution in [3.05, 3.63) is 46.8 Å². The van der Waals surface area contributed by atoms with E-state index in [4.69, 9.17) is 0 Å². The lowest BCUT2D eigenvalue weighted by atomic mass is 9.99. The molecule has 1 aromatic heterocycles. The highest BCUT2D eigenvalue weighted by molar-refractivity contribution is 5.96. The second-order valence-electron chi connectivity index (χ2n) is 6.81. The summed E-state index contributed by atoms with van der Waals surface area (Å²) in [5, 5.41) is 16.2. The van der Waals surface area contributed by atoms with Crippen LogP contribution in [0.1, 0.15) is 48.4 Å². The zero-order chi connectivity index (χ0) is 19.7. The predicted octanol–water partition coefficient (Wildman–Crippen LogP) is 2.87. The van der Waals surface area contributed by atoms with Gasteiger partial charge >= 0.3 is 5.97 Å². The number of hydrogen-bond donors (Lipinski definition) is 2. The standard InChI is InChI=1S/C19H21F2N3O3/c1-3-10(2)16(19(26)27)22-18(25)17-12-5-4-6-15(12)24(23-17)11-7-8-13(20)14(21)9-11/h7-10,16H,3-6H2,1-2H3,(H,22,25)(H,26,27)/t10-,16-/m0/s1. The Labute approximate surface area is 155 Å². The Kier molecular flexibility index (Phi) is 5.25. The van der Waals surface area contributed by atoms with Crippen molar-refractivity contribution >= 4 is 11.9 Å². The van der Waals surface area contributed by atoms with E-state index in [1.807, 2.05) is 6.92 Å². The quantitative estimate of drug-likeness (QED) is 0.811. The van der Waals surface area contributed by atoms with Crippen LogP contribution < -0.4 is 5.32 Å². The van der Waals surface area contributed by atoms with Gasteiger partial charge in [-0.1, -0.05) is 20.3 Å². The van der Waals surface area contributed by atoms with Gasteiger partial charge in [-0.2, -0.15) is 5.10 Å². The van der Waals surface area contributed by atoms with E-state index in [9.17, 15) is 23.5 Å². The van der Waals surface area contributed by atoms with Gasteiger partial charge in [0.05, 0.1) is 5.69 Å². The molecule has 1 aliphatic rings. The Balaban J connectivity index is 1.96. The molecule has 1 aliphatic carbocycles. The minimum Gasteiger partial charge on any atom is -0.480 e. The number of fused-ring (bicyclic) bond motifs is 1. The lowest BCUT2D eigenvalue weighted by Gasteiger charge is -2.19. The summed E-state index contributed by atoms with van der Waals surface area (Å²) in [6.07, 6.45) is 2.69. The van der Waals surface area contributed by atoms with Crippen molar-refractivity contribution in [2.24, 2.45) is 5.92 Å². The maximum absolute atomic E-state index is 13.6. The monoisotopic (exact) mass is 377 g/mol. The fourth-order valence-electron chi connectivity index (χ4n) is 3.34. The fraction of sp³-hybridized carbons (Fsp3) is 0.421. The topological polar surface area (TPSA) is 84.2 Å². The predicted molar refractivity (Wildman–Crippen MR) is 93.9 cm³/mol. The molecule has 1 aromatic carbocycles. The van der Waals surface area contributed by atoms with Gasteiger partial charge in [0, 0.05) is 17.3 Å². The van der Waals surface area contributed by atoms with E-state index in [1.54, 1.807) is 6.92 Å². The first-order chi connectivity index (χ1) is 12.8. The molecule has 0 radical (unpaired) electrons. The molecule has 8 heteroatoms. The number of nitrogens with zero attached hydrogens (tertiary/aromatic N) is 2. The van der Waals surface area contributed by atoms with Gasteiger partial charge in [0.15, 0.2) is 17.3 Å². The van der Waals surface area contributed by atoms with Gasteiger partial charge in [-0.25, -0.2) is 18.3 Å². The van der Waals surface area contributed by atoms with Crippen molar-refractivity contribution < 1.29 is 23.5 Å². The molecule has 6 nitrogen and oxygen atoms in total. The van der Waals surface area contributed by atoms with Crippen molar-refractivity contribution in [1.29, 1.82) is 0 Å². The summed E-state index contributed by atoms with van der Waals surface area (Å²) in [6.45, 7) is 3.60. The van der Waals surface area contributed by atoms with Crippen LogP contribution in [0.3, 0.4) is 0 Å². The summed E-state index contributed by atoms with van der Waals surface area (Å²) in [7, 11) is 0. The van der Waals surface area contributed by atoms with Crippen LogP contribution in [0.25, 0.3) is 5.69 Å². The Morgan fingerprint density at radius 1 is 1.30 bits per heavy atom. The Hall–Kier alpha value is -2.77. The highest BCUT2D eigenvalue weighted by Crippen LogP contribution is 2.28. The average molecular weight is 377 g/mol. The number of nitrogens with one attached hydrogen (secondary N) is 1. The molecule has 3 rings (SSSR count). The molecule has 0 bridgehead atoms. The van der Waals surface area contributed by atoms with Crippen molar-refractivity contribution in [2.75, 3.05) is 0 Å². The number of aliphatic carboxylic acids is 1. The van der Waals surface area contributed by atoms with Gasteiger partial charge in [-0.05, 0) is 37.3 Å². The summed E-state index contributed by atoms with van der Waals surface area (Å²) in [5.41, 5.74) is 1.96. The van der Waals surface area contributed by atoms with Crippen LogP contribution in [0.15, 0.2) is 18.2 Å². The minimum absolute atomic E-state index is 0.141. The lowest BCUT2D eigenvalue weighted by Crippen LogP contribution is -2.45. The van der Waals surface area contributed by atoms with Crippen LogP contribution in [0.4, 0.5) is 8.78 Å². The first-order valence-corrected chi connectivity index (χ1v) is 8.93. The third-order valence-corrected chi connectivity index (χ3v) is 5.06. The summed E-state index contributed by atoms with van der Waals surface area (Å²) < 4.78 is 28.3. The van der Waals surface area contributed by atoms with E-state index in [1.165, 1.54) is 10.7 Å². The maximum atomic E-state index is 13.6. The second kappa shape index (κ2) is 7.46. The van der Waals surface area contributed by atoms with E-state index in [0.29, 0.717) is 24.9 Å². The highest BCUT2D eigenvalue weighted by Gasteiger charge is 2.31. The fourth-order valence-corrected chi connectivity index (χ4v) is 3.34. The summed E-state index contributed by atoms with van der Waals surface area (Å²) >= 11 is 0. The molecular formula is C19H21F2N3O3. The third kappa shape index (κ3) is 3.56. The zero-order valence-corrected chi connectivity index (χ0v) is 15.1. The van der Waals surface area contributed by atoms with Crippen LogP contribution >= 0.6 is 0 Å². The van der Waals surface area contributed by atoms with Crippen LogP contribution in [-0.2, 0) is 17.6 Å². The zero-order valence-electron chi connectivity index (χ0n) is 15.1. The molecule has 1 amide bonds. The lowest BCUT2D eigenvalue weighted by molar-refractivity contribution is -0.140. The summed E-state index contributed by atoms with van der Waals surface area (Å²) in [4.78, 5) is 24.2. The highest BCUT2D eigenvalue weighted by atomic mass is 19.2. The number of amides is 1. The van der Waals surface area contributed by atoms with E-state index in [-0.39, 0.29) is 11.6 Å². The van der Waals surface area contributed by atoms with Gasteiger partial charge in [0.1, 0.15) is 6.04 Å². The Bertz CT molecular complexity index is 895. The molecule has 0 saturated carbocycles. The number of carbonyl (C=O) groups is 2. The Morgan fingerprint density at radius 2 is 2.04 bits per heavy atom. The summed E-state index contributed by atoms with van der Waals surface area (Å²) in [5.74, 6) is -3.87. The number of carboxylic acid groups (broad SMARTS) is 1. The largest absolute Gasteiger partial charge is 0.480 e. The number of halogens is 2. The molecule has 0 aliphatic heterocycles. The number of carboxylic acids is 1. The minimum atomic E-state index is -1.10. The molecule has 2 N–H and O–H groups in total. The smallest absolute Gasteiger partial charge is 0.326 e. The molecule has 2 aromatic rings. The van der Waals surface area contributed by atoms with Crippen LogP contribution in [0.2, 0.25) is 0 Å². The van der Waals surface area contributed by atoms with Gasteiger partial charge in [0.25, 0.3) is 5.91 Å². The number of benzene rings is 1. The molecule has 0 fully saturated rings. The Morgan fingerprint density at radius 3 is 2.67 bits per heavy atom. The van der Waals surface area contributed by atoms with Crippen LogP contribution in [0.5, 0.6) is 0 Å². The molecule has 0 unspecified atom stereocenters. The first-order valence-electron chi connectivity index (χ1n) is 8.93. The third-order valence-electron chi connectivity index (χ3n) is 5.06.